The van der Waals surface area contributed by atoms with Crippen molar-refractivity contribution in [3.05, 3.63) is 30.0 Å². The van der Waals surface area contributed by atoms with Crippen LogP contribution < -0.4 is 5.32 Å². The van der Waals surface area contributed by atoms with Crippen LogP contribution in [0.15, 0.2) is 24.4 Å². The molecule has 1 heterocycles. The molecule has 2 rings (SSSR count). The SMILES string of the molecule is CSCC(C)(O)CNC(=O)c1cccc2cn[nH]c12. The Bertz CT molecular complexity index is 580. The van der Waals surface area contributed by atoms with Gasteiger partial charge in [0.1, 0.15) is 0 Å². The van der Waals surface area contributed by atoms with Crippen LogP contribution in [0.25, 0.3) is 10.9 Å². The van der Waals surface area contributed by atoms with E-state index in [9.17, 15) is 9.90 Å². The molecule has 1 atom stereocenters. The molecule has 3 N–H and O–H groups in total. The summed E-state index contributed by atoms with van der Waals surface area (Å²) in [6, 6.07) is 5.44. The molecule has 0 aliphatic rings. The largest absolute Gasteiger partial charge is 0.387 e. The molecule has 0 fully saturated rings. The Kier molecular flexibility index (Phi) is 4.11. The normalized spacial score (nSPS) is 14.3. The van der Waals surface area contributed by atoms with E-state index in [1.165, 1.54) is 0 Å². The first-order chi connectivity index (χ1) is 9.03. The van der Waals surface area contributed by atoms with Crippen molar-refractivity contribution in [2.75, 3.05) is 18.6 Å². The molecule has 0 aliphatic heterocycles. The van der Waals surface area contributed by atoms with Crippen LogP contribution in [0, 0.1) is 0 Å². The Balaban J connectivity index is 2.10. The molecule has 19 heavy (non-hydrogen) atoms. The highest BCUT2D eigenvalue weighted by atomic mass is 32.2. The van der Waals surface area contributed by atoms with Crippen LogP contribution in [0.3, 0.4) is 0 Å². The van der Waals surface area contributed by atoms with Crippen molar-refractivity contribution in [2.24, 2.45) is 0 Å². The van der Waals surface area contributed by atoms with Crippen molar-refractivity contribution in [1.82, 2.24) is 15.5 Å². The van der Waals surface area contributed by atoms with Gasteiger partial charge >= 0.3 is 0 Å². The molecule has 1 aromatic carbocycles. The number of benzene rings is 1. The highest BCUT2D eigenvalue weighted by Gasteiger charge is 2.21. The number of rotatable bonds is 5. The number of nitrogens with one attached hydrogen (secondary N) is 2. The summed E-state index contributed by atoms with van der Waals surface area (Å²) in [4.78, 5) is 12.1. The van der Waals surface area contributed by atoms with Crippen molar-refractivity contribution in [3.8, 4) is 0 Å². The van der Waals surface area contributed by atoms with Gasteiger partial charge in [-0.1, -0.05) is 12.1 Å². The molecular formula is C13H17N3O2S. The molecule has 0 spiro atoms. The van der Waals surface area contributed by atoms with E-state index in [4.69, 9.17) is 0 Å². The number of carbonyl (C=O) groups excluding carboxylic acids is 1. The minimum atomic E-state index is -0.906. The molecule has 6 heteroatoms. The van der Waals surface area contributed by atoms with Crippen LogP contribution in [0.1, 0.15) is 17.3 Å². The van der Waals surface area contributed by atoms with Crippen LogP contribution in [0.4, 0.5) is 0 Å². The monoisotopic (exact) mass is 279 g/mol. The fraction of sp³-hybridized carbons (Fsp3) is 0.385. The standard InChI is InChI=1S/C13H17N3O2S/c1-13(18,8-19-2)7-14-12(17)10-5-3-4-9-6-15-16-11(9)10/h3-6,18H,7-8H2,1-2H3,(H,14,17)(H,15,16). The molecule has 1 aromatic heterocycles. The van der Waals surface area contributed by atoms with Crippen LogP contribution in [-0.4, -0.2) is 45.4 Å². The lowest BCUT2D eigenvalue weighted by atomic mass is 10.1. The number of H-pyrrole nitrogens is 1. The summed E-state index contributed by atoms with van der Waals surface area (Å²) in [7, 11) is 0. The summed E-state index contributed by atoms with van der Waals surface area (Å²) in [6.45, 7) is 1.93. The first kappa shape index (κ1) is 13.9. The number of amides is 1. The first-order valence-electron chi connectivity index (χ1n) is 5.95. The summed E-state index contributed by atoms with van der Waals surface area (Å²) in [5, 5.41) is 20.4. The number of aliphatic hydroxyl groups is 1. The molecule has 102 valence electrons. The van der Waals surface area contributed by atoms with Crippen molar-refractivity contribution in [3.63, 3.8) is 0 Å². The summed E-state index contributed by atoms with van der Waals surface area (Å²) >= 11 is 1.54. The van der Waals surface area contributed by atoms with E-state index in [2.05, 4.69) is 15.5 Å². The molecular weight excluding hydrogens is 262 g/mol. The van der Waals surface area contributed by atoms with Gasteiger partial charge < -0.3 is 10.4 Å². The topological polar surface area (TPSA) is 78.0 Å². The smallest absolute Gasteiger partial charge is 0.253 e. The Morgan fingerprint density at radius 1 is 1.58 bits per heavy atom. The summed E-state index contributed by atoms with van der Waals surface area (Å²) in [5.41, 5.74) is 0.344. The van der Waals surface area contributed by atoms with E-state index in [1.54, 1.807) is 30.9 Å². The van der Waals surface area contributed by atoms with E-state index in [1.807, 2.05) is 18.4 Å². The van der Waals surface area contributed by atoms with Gasteiger partial charge in [0.25, 0.3) is 5.91 Å². The van der Waals surface area contributed by atoms with Crippen LogP contribution in [-0.2, 0) is 0 Å². The van der Waals surface area contributed by atoms with Gasteiger partial charge in [-0.05, 0) is 19.2 Å². The molecule has 5 nitrogen and oxygen atoms in total. The Morgan fingerprint density at radius 2 is 2.37 bits per heavy atom. The molecule has 0 aliphatic carbocycles. The molecule has 1 unspecified atom stereocenters. The fourth-order valence-corrected chi connectivity index (χ4v) is 2.61. The summed E-state index contributed by atoms with van der Waals surface area (Å²) < 4.78 is 0. The number of para-hydroxylation sites is 1. The van der Waals surface area contributed by atoms with Crippen molar-refractivity contribution in [1.29, 1.82) is 0 Å². The lowest BCUT2D eigenvalue weighted by Crippen LogP contribution is -2.42. The average molecular weight is 279 g/mol. The van der Waals surface area contributed by atoms with E-state index < -0.39 is 5.60 Å². The average Bonchev–Trinajstić information content (AvgIpc) is 2.84. The van der Waals surface area contributed by atoms with E-state index in [0.29, 0.717) is 16.8 Å². The van der Waals surface area contributed by atoms with Crippen molar-refractivity contribution >= 4 is 28.6 Å². The highest BCUT2D eigenvalue weighted by molar-refractivity contribution is 7.98. The second-order valence-corrected chi connectivity index (χ2v) is 5.62. The number of fused-ring (bicyclic) bond motifs is 1. The zero-order chi connectivity index (χ0) is 13.9. The van der Waals surface area contributed by atoms with Gasteiger partial charge in [-0.3, -0.25) is 9.89 Å². The second-order valence-electron chi connectivity index (χ2n) is 4.75. The predicted octanol–water partition coefficient (Wildman–Crippen LogP) is 1.41. The lowest BCUT2D eigenvalue weighted by Gasteiger charge is -2.22. The molecule has 0 radical (unpaired) electrons. The molecule has 1 amide bonds. The molecule has 0 saturated heterocycles. The Morgan fingerprint density at radius 3 is 3.11 bits per heavy atom. The third-order valence-electron chi connectivity index (χ3n) is 2.81. The second kappa shape index (κ2) is 5.63. The zero-order valence-electron chi connectivity index (χ0n) is 10.9. The molecule has 0 bridgehead atoms. The maximum atomic E-state index is 12.1. The van der Waals surface area contributed by atoms with E-state index >= 15 is 0 Å². The van der Waals surface area contributed by atoms with Gasteiger partial charge in [0.05, 0.1) is 22.9 Å². The van der Waals surface area contributed by atoms with Crippen LogP contribution in [0.5, 0.6) is 0 Å². The summed E-state index contributed by atoms with van der Waals surface area (Å²) in [6.07, 6.45) is 3.59. The summed E-state index contributed by atoms with van der Waals surface area (Å²) in [5.74, 6) is 0.359. The number of carbonyl (C=O) groups is 1. The number of aromatic nitrogens is 2. The van der Waals surface area contributed by atoms with Crippen LogP contribution >= 0.6 is 11.8 Å². The predicted molar refractivity (Wildman–Crippen MR) is 77.4 cm³/mol. The number of nitrogens with zero attached hydrogens (tertiary/aromatic N) is 1. The number of hydrogen-bond acceptors (Lipinski definition) is 4. The Labute approximate surface area is 115 Å². The minimum absolute atomic E-state index is 0.212. The van der Waals surface area contributed by atoms with Gasteiger partial charge in [-0.15, -0.1) is 0 Å². The third kappa shape index (κ3) is 3.27. The van der Waals surface area contributed by atoms with Crippen molar-refractivity contribution < 1.29 is 9.90 Å². The van der Waals surface area contributed by atoms with Gasteiger partial charge in [-0.25, -0.2) is 0 Å². The number of thioether (sulfide) groups is 1. The maximum Gasteiger partial charge on any atom is 0.253 e. The van der Waals surface area contributed by atoms with E-state index in [-0.39, 0.29) is 12.5 Å². The van der Waals surface area contributed by atoms with Crippen molar-refractivity contribution in [2.45, 2.75) is 12.5 Å². The Hall–Kier alpha value is -1.53. The number of aromatic amines is 1. The third-order valence-corrected chi connectivity index (χ3v) is 3.72. The molecule has 2 aromatic rings. The van der Waals surface area contributed by atoms with Gasteiger partial charge in [-0.2, -0.15) is 16.9 Å². The lowest BCUT2D eigenvalue weighted by molar-refractivity contribution is 0.0726. The maximum absolute atomic E-state index is 12.1. The highest BCUT2D eigenvalue weighted by Crippen LogP contribution is 2.16. The molecule has 0 saturated carbocycles. The van der Waals surface area contributed by atoms with Gasteiger partial charge in [0.15, 0.2) is 0 Å². The van der Waals surface area contributed by atoms with Gasteiger partial charge in [0.2, 0.25) is 0 Å². The van der Waals surface area contributed by atoms with E-state index in [0.717, 1.165) is 5.39 Å². The first-order valence-corrected chi connectivity index (χ1v) is 7.34. The van der Waals surface area contributed by atoms with Crippen LogP contribution in [0.2, 0.25) is 0 Å². The zero-order valence-corrected chi connectivity index (χ0v) is 11.8. The minimum Gasteiger partial charge on any atom is -0.387 e. The fourth-order valence-electron chi connectivity index (χ4n) is 1.89. The quantitative estimate of drug-likeness (QED) is 0.773. The number of hydrogen-bond donors (Lipinski definition) is 3. The van der Waals surface area contributed by atoms with Gasteiger partial charge in [0, 0.05) is 17.7 Å².